The number of rotatable bonds is 2. The SMILES string of the molecule is Cc1cc(CC2CCCCN2)ccn1. The molecule has 0 aliphatic carbocycles. The summed E-state index contributed by atoms with van der Waals surface area (Å²) in [7, 11) is 0. The van der Waals surface area contributed by atoms with E-state index in [1.807, 2.05) is 6.20 Å². The number of nitrogens with one attached hydrogen (secondary N) is 1. The van der Waals surface area contributed by atoms with Crippen molar-refractivity contribution in [3.8, 4) is 0 Å². The van der Waals surface area contributed by atoms with Crippen LogP contribution in [0.2, 0.25) is 0 Å². The fraction of sp³-hybridized carbons (Fsp3) is 0.583. The lowest BCUT2D eigenvalue weighted by molar-refractivity contribution is 0.399. The van der Waals surface area contributed by atoms with E-state index in [9.17, 15) is 0 Å². The maximum Gasteiger partial charge on any atom is 0.0375 e. The third-order valence-electron chi connectivity index (χ3n) is 2.86. The molecule has 1 aromatic rings. The maximum absolute atomic E-state index is 4.21. The van der Waals surface area contributed by atoms with E-state index < -0.39 is 0 Å². The minimum absolute atomic E-state index is 0.686. The zero-order valence-corrected chi connectivity index (χ0v) is 8.79. The van der Waals surface area contributed by atoms with Crippen LogP contribution < -0.4 is 5.32 Å². The number of hydrogen-bond donors (Lipinski definition) is 1. The van der Waals surface area contributed by atoms with Crippen LogP contribution in [-0.2, 0) is 6.42 Å². The fourth-order valence-electron chi connectivity index (χ4n) is 2.11. The van der Waals surface area contributed by atoms with Gasteiger partial charge in [0.05, 0.1) is 0 Å². The molecular formula is C12H18N2. The van der Waals surface area contributed by atoms with Crippen molar-refractivity contribution in [1.82, 2.24) is 10.3 Å². The lowest BCUT2D eigenvalue weighted by Gasteiger charge is -2.23. The normalized spacial score (nSPS) is 22.2. The molecule has 0 aromatic carbocycles. The Morgan fingerprint density at radius 3 is 3.14 bits per heavy atom. The predicted octanol–water partition coefficient (Wildman–Crippen LogP) is 2.07. The molecule has 1 aliphatic rings. The summed E-state index contributed by atoms with van der Waals surface area (Å²) < 4.78 is 0. The quantitative estimate of drug-likeness (QED) is 0.772. The number of aromatic nitrogens is 1. The summed E-state index contributed by atoms with van der Waals surface area (Å²) in [5.74, 6) is 0. The minimum atomic E-state index is 0.686. The Morgan fingerprint density at radius 1 is 1.50 bits per heavy atom. The van der Waals surface area contributed by atoms with Crippen LogP contribution in [0.5, 0.6) is 0 Å². The maximum atomic E-state index is 4.21. The van der Waals surface area contributed by atoms with Crippen molar-refractivity contribution in [1.29, 1.82) is 0 Å². The molecule has 1 fully saturated rings. The summed E-state index contributed by atoms with van der Waals surface area (Å²) in [6, 6.07) is 5.00. The van der Waals surface area contributed by atoms with Crippen molar-refractivity contribution in [3.05, 3.63) is 29.6 Å². The Labute approximate surface area is 85.7 Å². The zero-order valence-electron chi connectivity index (χ0n) is 8.79. The molecule has 0 saturated carbocycles. The highest BCUT2D eigenvalue weighted by atomic mass is 14.9. The molecule has 76 valence electrons. The van der Waals surface area contributed by atoms with E-state index in [1.54, 1.807) is 0 Å². The first kappa shape index (κ1) is 9.66. The second-order valence-corrected chi connectivity index (χ2v) is 4.16. The molecule has 0 radical (unpaired) electrons. The largest absolute Gasteiger partial charge is 0.314 e. The first-order chi connectivity index (χ1) is 6.84. The van der Waals surface area contributed by atoms with Gasteiger partial charge in [0.1, 0.15) is 0 Å². The van der Waals surface area contributed by atoms with Crippen molar-refractivity contribution >= 4 is 0 Å². The van der Waals surface area contributed by atoms with Crippen molar-refractivity contribution in [2.24, 2.45) is 0 Å². The van der Waals surface area contributed by atoms with Gasteiger partial charge in [0.2, 0.25) is 0 Å². The van der Waals surface area contributed by atoms with Crippen molar-refractivity contribution in [2.75, 3.05) is 6.54 Å². The average molecular weight is 190 g/mol. The second-order valence-electron chi connectivity index (χ2n) is 4.16. The lowest BCUT2D eigenvalue weighted by atomic mass is 9.98. The standard InChI is InChI=1S/C12H18N2/c1-10-8-11(5-7-13-10)9-12-4-2-3-6-14-12/h5,7-8,12,14H,2-4,6,9H2,1H3. The van der Waals surface area contributed by atoms with Crippen LogP contribution >= 0.6 is 0 Å². The zero-order chi connectivity index (χ0) is 9.80. The fourth-order valence-corrected chi connectivity index (χ4v) is 2.11. The van der Waals surface area contributed by atoms with Gasteiger partial charge in [-0.1, -0.05) is 6.42 Å². The topological polar surface area (TPSA) is 24.9 Å². The van der Waals surface area contributed by atoms with Crippen LogP contribution in [0.3, 0.4) is 0 Å². The van der Waals surface area contributed by atoms with Gasteiger partial charge in [-0.05, 0) is 50.4 Å². The Morgan fingerprint density at radius 2 is 2.43 bits per heavy atom. The molecule has 0 spiro atoms. The van der Waals surface area contributed by atoms with Crippen LogP contribution in [0, 0.1) is 6.92 Å². The number of piperidine rings is 1. The molecule has 2 heteroatoms. The smallest absolute Gasteiger partial charge is 0.0375 e. The summed E-state index contributed by atoms with van der Waals surface area (Å²) >= 11 is 0. The first-order valence-corrected chi connectivity index (χ1v) is 5.49. The van der Waals surface area contributed by atoms with Crippen LogP contribution in [0.15, 0.2) is 18.3 Å². The van der Waals surface area contributed by atoms with E-state index in [4.69, 9.17) is 0 Å². The van der Waals surface area contributed by atoms with Gasteiger partial charge < -0.3 is 5.32 Å². The molecule has 0 bridgehead atoms. The highest BCUT2D eigenvalue weighted by Crippen LogP contribution is 2.12. The molecule has 1 atom stereocenters. The van der Waals surface area contributed by atoms with Gasteiger partial charge in [-0.15, -0.1) is 0 Å². The van der Waals surface area contributed by atoms with Crippen molar-refractivity contribution < 1.29 is 0 Å². The van der Waals surface area contributed by atoms with E-state index in [1.165, 1.54) is 31.4 Å². The van der Waals surface area contributed by atoms with E-state index in [0.717, 1.165) is 12.1 Å². The summed E-state index contributed by atoms with van der Waals surface area (Å²) in [6.07, 6.45) is 7.10. The summed E-state index contributed by atoms with van der Waals surface area (Å²) in [5, 5.41) is 3.57. The Hall–Kier alpha value is -0.890. The third-order valence-corrected chi connectivity index (χ3v) is 2.86. The van der Waals surface area contributed by atoms with E-state index >= 15 is 0 Å². The average Bonchev–Trinajstić information content (AvgIpc) is 2.19. The molecule has 1 unspecified atom stereocenters. The lowest BCUT2D eigenvalue weighted by Crippen LogP contribution is -2.35. The molecule has 1 saturated heterocycles. The molecule has 2 rings (SSSR count). The molecule has 0 amide bonds. The minimum Gasteiger partial charge on any atom is -0.314 e. The highest BCUT2D eigenvalue weighted by Gasteiger charge is 2.12. The van der Waals surface area contributed by atoms with Gasteiger partial charge in [0.15, 0.2) is 0 Å². The van der Waals surface area contributed by atoms with E-state index in [-0.39, 0.29) is 0 Å². The van der Waals surface area contributed by atoms with Crippen molar-refractivity contribution in [3.63, 3.8) is 0 Å². The van der Waals surface area contributed by atoms with Gasteiger partial charge in [-0.25, -0.2) is 0 Å². The number of pyridine rings is 1. The Kier molecular flexibility index (Phi) is 3.14. The van der Waals surface area contributed by atoms with Crippen LogP contribution in [0.25, 0.3) is 0 Å². The van der Waals surface area contributed by atoms with Crippen molar-refractivity contribution in [2.45, 2.75) is 38.6 Å². The number of hydrogen-bond acceptors (Lipinski definition) is 2. The van der Waals surface area contributed by atoms with Gasteiger partial charge in [-0.3, -0.25) is 4.98 Å². The Bertz CT molecular complexity index is 290. The van der Waals surface area contributed by atoms with Crippen LogP contribution in [0.1, 0.15) is 30.5 Å². The molecule has 1 aromatic heterocycles. The van der Waals surface area contributed by atoms with Gasteiger partial charge in [0, 0.05) is 17.9 Å². The monoisotopic (exact) mass is 190 g/mol. The summed E-state index contributed by atoms with van der Waals surface area (Å²) in [6.45, 7) is 3.24. The summed E-state index contributed by atoms with van der Waals surface area (Å²) in [4.78, 5) is 4.21. The molecular weight excluding hydrogens is 172 g/mol. The predicted molar refractivity (Wildman–Crippen MR) is 58.3 cm³/mol. The highest BCUT2D eigenvalue weighted by molar-refractivity contribution is 5.16. The first-order valence-electron chi connectivity index (χ1n) is 5.49. The van der Waals surface area contributed by atoms with Gasteiger partial charge in [-0.2, -0.15) is 0 Å². The number of nitrogens with zero attached hydrogens (tertiary/aromatic N) is 1. The molecule has 14 heavy (non-hydrogen) atoms. The molecule has 2 heterocycles. The molecule has 1 aliphatic heterocycles. The van der Waals surface area contributed by atoms with E-state index in [2.05, 4.69) is 29.4 Å². The van der Waals surface area contributed by atoms with Gasteiger partial charge in [0.25, 0.3) is 0 Å². The van der Waals surface area contributed by atoms with Crippen LogP contribution in [0.4, 0.5) is 0 Å². The third kappa shape index (κ3) is 2.55. The second kappa shape index (κ2) is 4.56. The Balaban J connectivity index is 1.95. The summed E-state index contributed by atoms with van der Waals surface area (Å²) in [5.41, 5.74) is 2.54. The van der Waals surface area contributed by atoms with Gasteiger partial charge >= 0.3 is 0 Å². The molecule has 1 N–H and O–H groups in total. The van der Waals surface area contributed by atoms with Crippen LogP contribution in [-0.4, -0.2) is 17.6 Å². The van der Waals surface area contributed by atoms with E-state index in [0.29, 0.717) is 6.04 Å². The number of aryl methyl sites for hydroxylation is 1. The molecule has 2 nitrogen and oxygen atoms in total.